The Hall–Kier alpha value is -3.06. The Morgan fingerprint density at radius 2 is 1.94 bits per heavy atom. The number of nitrogens with two attached hydrogens (primary N) is 1. The van der Waals surface area contributed by atoms with Crippen LogP contribution in [0.3, 0.4) is 0 Å². The molecule has 0 aromatic heterocycles. The van der Waals surface area contributed by atoms with Crippen molar-refractivity contribution in [1.82, 2.24) is 0 Å². The second-order valence-electron chi connectivity index (χ2n) is 8.21. The van der Waals surface area contributed by atoms with Crippen molar-refractivity contribution in [3.05, 3.63) is 59.2 Å². The van der Waals surface area contributed by atoms with Crippen molar-refractivity contribution in [3.8, 4) is 5.75 Å². The summed E-state index contributed by atoms with van der Waals surface area (Å²) in [4.78, 5) is 11.5. The number of benzene rings is 2. The summed E-state index contributed by atoms with van der Waals surface area (Å²) in [5.41, 5.74) is 3.93. The lowest BCUT2D eigenvalue weighted by Crippen LogP contribution is -2.26. The van der Waals surface area contributed by atoms with E-state index in [0.29, 0.717) is 0 Å². The minimum absolute atomic E-state index is 0.106. The zero-order chi connectivity index (χ0) is 22.9. The lowest BCUT2D eigenvalue weighted by atomic mass is 9.95. The molecular weight excluding hydrogens is 406 g/mol. The van der Waals surface area contributed by atoms with E-state index >= 15 is 0 Å². The van der Waals surface area contributed by atoms with Gasteiger partial charge in [0, 0.05) is 12.6 Å². The van der Waals surface area contributed by atoms with E-state index in [2.05, 4.69) is 29.5 Å². The van der Waals surface area contributed by atoms with Gasteiger partial charge >= 0.3 is 5.97 Å². The van der Waals surface area contributed by atoms with E-state index in [1.165, 1.54) is 6.92 Å². The van der Waals surface area contributed by atoms with E-state index in [4.69, 9.17) is 15.3 Å². The second kappa shape index (κ2) is 11.5. The molecule has 1 aliphatic rings. The summed E-state index contributed by atoms with van der Waals surface area (Å²) >= 11 is 0. The van der Waals surface area contributed by atoms with Crippen molar-refractivity contribution < 1.29 is 19.4 Å². The van der Waals surface area contributed by atoms with Gasteiger partial charge in [0.1, 0.15) is 12.4 Å². The Balaban J connectivity index is 1.82. The van der Waals surface area contributed by atoms with Gasteiger partial charge in [0.2, 0.25) is 0 Å². The largest absolute Gasteiger partial charge is 0.490 e. The van der Waals surface area contributed by atoms with Crippen LogP contribution in [-0.4, -0.2) is 36.1 Å². The maximum atomic E-state index is 11.5. The molecule has 0 spiro atoms. The Kier molecular flexibility index (Phi) is 8.50. The van der Waals surface area contributed by atoms with Crippen molar-refractivity contribution in [2.45, 2.75) is 64.2 Å². The zero-order valence-corrected chi connectivity index (χ0v) is 18.8. The number of carbonyl (C=O) groups is 1. The van der Waals surface area contributed by atoms with E-state index in [-0.39, 0.29) is 30.8 Å². The number of aliphatic hydroxyl groups is 1. The second-order valence-corrected chi connectivity index (χ2v) is 8.21. The number of rotatable bonds is 9. The molecule has 1 fully saturated rings. The standard InChI is InChI=1S/C25H33N3O4/c1-3-18-12-20(14-24(13-18)32-23-10-8-22(30)9-11-23)25(16-31-17(2)29)28-21-6-4-19(5-7-21)15-27-26/h4-7,12-15,22-23,25,28,30H,3,8-11,16,26H2,1-2H3. The average Bonchev–Trinajstić information content (AvgIpc) is 2.79. The molecule has 1 aliphatic carbocycles. The number of anilines is 1. The van der Waals surface area contributed by atoms with Crippen molar-refractivity contribution in [2.75, 3.05) is 11.9 Å². The van der Waals surface area contributed by atoms with Crippen LogP contribution in [0.1, 0.15) is 62.3 Å². The summed E-state index contributed by atoms with van der Waals surface area (Å²) in [6.07, 6.45) is 5.57. The molecule has 0 saturated heterocycles. The lowest BCUT2D eigenvalue weighted by molar-refractivity contribution is -0.141. The van der Waals surface area contributed by atoms with Gasteiger partial charge in [0.05, 0.1) is 24.5 Å². The molecule has 0 radical (unpaired) electrons. The number of esters is 1. The Morgan fingerprint density at radius 1 is 1.22 bits per heavy atom. The third-order valence-corrected chi connectivity index (χ3v) is 5.67. The minimum Gasteiger partial charge on any atom is -0.490 e. The van der Waals surface area contributed by atoms with Crippen molar-refractivity contribution >= 4 is 17.9 Å². The molecular formula is C25H33N3O4. The molecule has 0 heterocycles. The van der Waals surface area contributed by atoms with Gasteiger partial charge in [-0.25, -0.2) is 0 Å². The SMILES string of the molecule is CCc1cc(OC2CCC(O)CC2)cc(C(COC(C)=O)Nc2ccc(C=NN)cc2)c1. The third kappa shape index (κ3) is 6.99. The van der Waals surface area contributed by atoms with Crippen molar-refractivity contribution in [1.29, 1.82) is 0 Å². The van der Waals surface area contributed by atoms with Crippen LogP contribution in [0.2, 0.25) is 0 Å². The Bertz CT molecular complexity index is 906. The van der Waals surface area contributed by atoms with Gasteiger partial charge in [-0.1, -0.05) is 25.1 Å². The highest BCUT2D eigenvalue weighted by molar-refractivity contribution is 5.80. The van der Waals surface area contributed by atoms with E-state index in [0.717, 1.165) is 60.2 Å². The highest BCUT2D eigenvalue weighted by Crippen LogP contribution is 2.29. The first-order chi connectivity index (χ1) is 15.5. The normalized spacial score (nSPS) is 19.5. The molecule has 32 heavy (non-hydrogen) atoms. The van der Waals surface area contributed by atoms with Crippen LogP contribution in [0.5, 0.6) is 5.75 Å². The first kappa shape index (κ1) is 23.6. The number of hydrogen-bond acceptors (Lipinski definition) is 7. The van der Waals surface area contributed by atoms with Gasteiger partial charge in [0.25, 0.3) is 0 Å². The monoisotopic (exact) mass is 439 g/mol. The summed E-state index contributed by atoms with van der Waals surface area (Å²) in [5.74, 6) is 5.71. The fourth-order valence-electron chi connectivity index (χ4n) is 3.89. The third-order valence-electron chi connectivity index (χ3n) is 5.67. The van der Waals surface area contributed by atoms with E-state index in [1.807, 2.05) is 30.3 Å². The van der Waals surface area contributed by atoms with Gasteiger partial charge in [-0.2, -0.15) is 5.10 Å². The minimum atomic E-state index is -0.324. The van der Waals surface area contributed by atoms with Crippen molar-refractivity contribution in [2.24, 2.45) is 10.9 Å². The molecule has 7 nitrogen and oxygen atoms in total. The number of hydrogen-bond donors (Lipinski definition) is 3. The number of aliphatic hydroxyl groups excluding tert-OH is 1. The number of carbonyl (C=O) groups excluding carboxylic acids is 1. The van der Waals surface area contributed by atoms with E-state index in [9.17, 15) is 9.90 Å². The topological polar surface area (TPSA) is 106 Å². The molecule has 7 heteroatoms. The first-order valence-corrected chi connectivity index (χ1v) is 11.2. The van der Waals surface area contributed by atoms with E-state index < -0.39 is 0 Å². The van der Waals surface area contributed by atoms with Crippen LogP contribution < -0.4 is 15.9 Å². The molecule has 0 bridgehead atoms. The highest BCUT2D eigenvalue weighted by Gasteiger charge is 2.22. The maximum absolute atomic E-state index is 11.5. The van der Waals surface area contributed by atoms with Crippen LogP contribution in [0.4, 0.5) is 5.69 Å². The quantitative estimate of drug-likeness (QED) is 0.236. The van der Waals surface area contributed by atoms with Crippen LogP contribution in [0, 0.1) is 0 Å². The molecule has 2 aromatic carbocycles. The Labute approximate surface area is 189 Å². The molecule has 172 valence electrons. The number of nitrogens with zero attached hydrogens (tertiary/aromatic N) is 1. The zero-order valence-electron chi connectivity index (χ0n) is 18.8. The fraction of sp³-hybridized carbons (Fsp3) is 0.440. The molecule has 3 rings (SSSR count). The summed E-state index contributed by atoms with van der Waals surface area (Å²) in [6.45, 7) is 3.71. The summed E-state index contributed by atoms with van der Waals surface area (Å²) in [5, 5.41) is 16.8. The first-order valence-electron chi connectivity index (χ1n) is 11.2. The molecule has 1 atom stereocenters. The lowest BCUT2D eigenvalue weighted by Gasteiger charge is -2.27. The molecule has 1 saturated carbocycles. The summed E-state index contributed by atoms with van der Waals surface area (Å²) in [7, 11) is 0. The molecule has 0 amide bonds. The van der Waals surface area contributed by atoms with Gasteiger partial charge in [-0.15, -0.1) is 0 Å². The predicted molar refractivity (Wildman–Crippen MR) is 126 cm³/mol. The fourth-order valence-corrected chi connectivity index (χ4v) is 3.89. The predicted octanol–water partition coefficient (Wildman–Crippen LogP) is 3.94. The smallest absolute Gasteiger partial charge is 0.302 e. The van der Waals surface area contributed by atoms with Crippen LogP contribution in [0.25, 0.3) is 0 Å². The van der Waals surface area contributed by atoms with Gasteiger partial charge in [-0.05, 0) is 73.1 Å². The number of aryl methyl sites for hydroxylation is 1. The maximum Gasteiger partial charge on any atom is 0.302 e. The van der Waals surface area contributed by atoms with Crippen LogP contribution in [0.15, 0.2) is 47.6 Å². The molecule has 1 unspecified atom stereocenters. The van der Waals surface area contributed by atoms with Gasteiger partial charge < -0.3 is 25.7 Å². The Morgan fingerprint density at radius 3 is 2.56 bits per heavy atom. The van der Waals surface area contributed by atoms with Gasteiger partial charge in [0.15, 0.2) is 0 Å². The summed E-state index contributed by atoms with van der Waals surface area (Å²) < 4.78 is 11.6. The van der Waals surface area contributed by atoms with Crippen molar-refractivity contribution in [3.63, 3.8) is 0 Å². The average molecular weight is 440 g/mol. The molecule has 4 N–H and O–H groups in total. The van der Waals surface area contributed by atoms with E-state index in [1.54, 1.807) is 6.21 Å². The number of nitrogens with one attached hydrogen (secondary N) is 1. The van der Waals surface area contributed by atoms with Crippen LogP contribution >= 0.6 is 0 Å². The molecule has 0 aliphatic heterocycles. The van der Waals surface area contributed by atoms with Crippen LogP contribution in [-0.2, 0) is 16.0 Å². The van der Waals surface area contributed by atoms with Gasteiger partial charge in [-0.3, -0.25) is 4.79 Å². The highest BCUT2D eigenvalue weighted by atomic mass is 16.5. The number of hydrazone groups is 1. The summed E-state index contributed by atoms with van der Waals surface area (Å²) in [6, 6.07) is 13.7. The number of ether oxygens (including phenoxy) is 2. The molecule has 2 aromatic rings.